The Labute approximate surface area is 187 Å². The molecule has 3 rings (SSSR count). The van der Waals surface area contributed by atoms with Crippen molar-refractivity contribution in [3.05, 3.63) is 99.5 Å². The van der Waals surface area contributed by atoms with E-state index in [-0.39, 0.29) is 16.8 Å². The Hall–Kier alpha value is -3.89. The van der Waals surface area contributed by atoms with Gasteiger partial charge >= 0.3 is 0 Å². The van der Waals surface area contributed by atoms with Crippen LogP contribution in [0.4, 0.5) is 5.69 Å². The van der Waals surface area contributed by atoms with Crippen LogP contribution < -0.4 is 15.2 Å². The van der Waals surface area contributed by atoms with E-state index in [4.69, 9.17) is 4.74 Å². The molecular formula is C24H16BrN2O4-. The van der Waals surface area contributed by atoms with Crippen molar-refractivity contribution in [2.24, 2.45) is 0 Å². The molecule has 0 bridgehead atoms. The Morgan fingerprint density at radius 2 is 1.77 bits per heavy atom. The number of rotatable bonds is 7. The Morgan fingerprint density at radius 1 is 1.06 bits per heavy atom. The molecule has 1 amide bonds. The number of carbonyl (C=O) groups is 2. The van der Waals surface area contributed by atoms with E-state index in [0.29, 0.717) is 17.9 Å². The third-order valence-electron chi connectivity index (χ3n) is 4.23. The van der Waals surface area contributed by atoms with Gasteiger partial charge in [-0.25, -0.2) is 0 Å². The van der Waals surface area contributed by atoms with Crippen LogP contribution in [0.3, 0.4) is 0 Å². The minimum atomic E-state index is -1.35. The summed E-state index contributed by atoms with van der Waals surface area (Å²) in [5.41, 5.74) is 1.73. The highest BCUT2D eigenvalue weighted by Crippen LogP contribution is 2.18. The van der Waals surface area contributed by atoms with Crippen LogP contribution in [0.1, 0.15) is 21.5 Å². The molecule has 7 heteroatoms. The highest BCUT2D eigenvalue weighted by atomic mass is 79.9. The molecule has 0 aliphatic rings. The number of carboxylic acid groups (broad SMARTS) is 1. The molecule has 0 saturated carbocycles. The molecular weight excluding hydrogens is 460 g/mol. The number of carbonyl (C=O) groups excluding carboxylic acids is 2. The zero-order valence-electron chi connectivity index (χ0n) is 16.2. The molecule has 3 aromatic rings. The van der Waals surface area contributed by atoms with E-state index < -0.39 is 11.9 Å². The van der Waals surface area contributed by atoms with E-state index in [9.17, 15) is 20.0 Å². The van der Waals surface area contributed by atoms with Gasteiger partial charge in [-0.1, -0.05) is 52.3 Å². The quantitative estimate of drug-likeness (QED) is 0.411. The topological polar surface area (TPSA) is 102 Å². The molecule has 0 heterocycles. The van der Waals surface area contributed by atoms with Crippen LogP contribution in [0.15, 0.2) is 82.8 Å². The summed E-state index contributed by atoms with van der Waals surface area (Å²) >= 11 is 3.39. The number of amides is 1. The summed E-state index contributed by atoms with van der Waals surface area (Å²) in [4.78, 5) is 23.3. The van der Waals surface area contributed by atoms with Crippen molar-refractivity contribution in [1.82, 2.24) is 0 Å². The number of anilines is 1. The smallest absolute Gasteiger partial charge is 0.266 e. The third-order valence-corrected chi connectivity index (χ3v) is 4.76. The van der Waals surface area contributed by atoms with Crippen molar-refractivity contribution in [3.8, 4) is 11.8 Å². The average Bonchev–Trinajstić information content (AvgIpc) is 2.78. The van der Waals surface area contributed by atoms with Gasteiger partial charge < -0.3 is 20.0 Å². The summed E-state index contributed by atoms with van der Waals surface area (Å²) in [6.07, 6.45) is 1.44. The van der Waals surface area contributed by atoms with Gasteiger partial charge in [0.15, 0.2) is 0 Å². The minimum absolute atomic E-state index is 0.0704. The molecule has 0 spiro atoms. The first-order valence-corrected chi connectivity index (χ1v) is 9.96. The highest BCUT2D eigenvalue weighted by Gasteiger charge is 2.10. The predicted octanol–water partition coefficient (Wildman–Crippen LogP) is 3.94. The van der Waals surface area contributed by atoms with Crippen molar-refractivity contribution < 1.29 is 19.4 Å². The lowest BCUT2D eigenvalue weighted by Gasteiger charge is -2.08. The predicted molar refractivity (Wildman–Crippen MR) is 118 cm³/mol. The monoisotopic (exact) mass is 475 g/mol. The molecule has 6 nitrogen and oxygen atoms in total. The van der Waals surface area contributed by atoms with E-state index >= 15 is 0 Å². The summed E-state index contributed by atoms with van der Waals surface area (Å²) in [5, 5.41) is 22.8. The van der Waals surface area contributed by atoms with Gasteiger partial charge in [-0.2, -0.15) is 5.26 Å². The standard InChI is InChI=1S/C24H17BrN2O4/c25-20-8-4-17(5-9-20)15-31-22-10-6-16(7-11-22)12-19(14-26)23(28)27-21-3-1-2-18(13-21)24(29)30/h1-13H,15H2,(H,27,28)(H,29,30)/p-1/b19-12+. The van der Waals surface area contributed by atoms with Gasteiger partial charge in [-0.3, -0.25) is 4.79 Å². The summed E-state index contributed by atoms with van der Waals surface area (Å²) < 4.78 is 6.74. The molecule has 0 fully saturated rings. The molecule has 0 aliphatic carbocycles. The van der Waals surface area contributed by atoms with E-state index in [1.807, 2.05) is 30.3 Å². The van der Waals surface area contributed by atoms with E-state index in [1.165, 1.54) is 30.3 Å². The van der Waals surface area contributed by atoms with Gasteiger partial charge in [0.2, 0.25) is 0 Å². The number of aromatic carboxylic acids is 1. The molecule has 31 heavy (non-hydrogen) atoms. The van der Waals surface area contributed by atoms with Gasteiger partial charge in [0.1, 0.15) is 24.0 Å². The number of halogens is 1. The van der Waals surface area contributed by atoms with Crippen LogP contribution >= 0.6 is 15.9 Å². The van der Waals surface area contributed by atoms with Gasteiger partial charge in [0.05, 0.1) is 5.97 Å². The number of hydrogen-bond acceptors (Lipinski definition) is 5. The molecule has 3 aromatic carbocycles. The first-order chi connectivity index (χ1) is 14.9. The summed E-state index contributed by atoms with van der Waals surface area (Å²) in [5.74, 6) is -1.34. The Bertz CT molecular complexity index is 1160. The fourth-order valence-electron chi connectivity index (χ4n) is 2.65. The van der Waals surface area contributed by atoms with Crippen LogP contribution in [0.25, 0.3) is 6.08 Å². The molecule has 0 aromatic heterocycles. The lowest BCUT2D eigenvalue weighted by atomic mass is 10.1. The second-order valence-electron chi connectivity index (χ2n) is 6.48. The Balaban J connectivity index is 1.65. The maximum Gasteiger partial charge on any atom is 0.266 e. The molecule has 0 unspecified atom stereocenters. The molecule has 0 saturated heterocycles. The van der Waals surface area contributed by atoms with Crippen molar-refractivity contribution in [2.45, 2.75) is 6.61 Å². The summed E-state index contributed by atoms with van der Waals surface area (Å²) in [6.45, 7) is 0.416. The van der Waals surface area contributed by atoms with Crippen molar-refractivity contribution in [1.29, 1.82) is 5.26 Å². The SMILES string of the molecule is N#C/C(=C\c1ccc(OCc2ccc(Br)cc2)cc1)C(=O)Nc1cccc(C(=O)[O-])c1. The van der Waals surface area contributed by atoms with Crippen molar-refractivity contribution in [3.63, 3.8) is 0 Å². The van der Waals surface area contributed by atoms with Gasteiger partial charge in [0, 0.05) is 10.2 Å². The average molecular weight is 476 g/mol. The van der Waals surface area contributed by atoms with Crippen LogP contribution in [0.5, 0.6) is 5.75 Å². The zero-order valence-corrected chi connectivity index (χ0v) is 17.8. The number of benzene rings is 3. The van der Waals surface area contributed by atoms with E-state index in [0.717, 1.165) is 10.0 Å². The first-order valence-electron chi connectivity index (χ1n) is 9.16. The Kier molecular flexibility index (Phi) is 7.20. The number of hydrogen-bond donors (Lipinski definition) is 1. The summed E-state index contributed by atoms with van der Waals surface area (Å²) in [6, 6.07) is 22.2. The van der Waals surface area contributed by atoms with E-state index in [2.05, 4.69) is 21.2 Å². The van der Waals surface area contributed by atoms with Gasteiger partial charge in [0.25, 0.3) is 5.91 Å². The molecule has 0 aliphatic heterocycles. The lowest BCUT2D eigenvalue weighted by Crippen LogP contribution is -2.22. The first kappa shape index (κ1) is 21.8. The highest BCUT2D eigenvalue weighted by molar-refractivity contribution is 9.10. The lowest BCUT2D eigenvalue weighted by molar-refractivity contribution is -0.255. The van der Waals surface area contributed by atoms with Crippen LogP contribution in [0, 0.1) is 11.3 Å². The maximum atomic E-state index is 12.4. The van der Waals surface area contributed by atoms with Gasteiger partial charge in [-0.05, 0) is 59.2 Å². The van der Waals surface area contributed by atoms with Crippen molar-refractivity contribution >= 4 is 39.6 Å². The minimum Gasteiger partial charge on any atom is -0.545 e. The zero-order chi connectivity index (χ0) is 22.2. The number of nitriles is 1. The van der Waals surface area contributed by atoms with Crippen LogP contribution in [-0.2, 0) is 11.4 Å². The van der Waals surface area contributed by atoms with Crippen LogP contribution in [0.2, 0.25) is 0 Å². The molecule has 0 atom stereocenters. The third kappa shape index (κ3) is 6.29. The van der Waals surface area contributed by atoms with Crippen LogP contribution in [-0.4, -0.2) is 11.9 Å². The fraction of sp³-hybridized carbons (Fsp3) is 0.0417. The second kappa shape index (κ2) is 10.2. The number of ether oxygens (including phenoxy) is 1. The largest absolute Gasteiger partial charge is 0.545 e. The number of carboxylic acids is 1. The Morgan fingerprint density at radius 3 is 2.42 bits per heavy atom. The molecule has 154 valence electrons. The number of nitrogens with one attached hydrogen (secondary N) is 1. The molecule has 1 N–H and O–H groups in total. The van der Waals surface area contributed by atoms with Crippen molar-refractivity contribution in [2.75, 3.05) is 5.32 Å². The normalized spacial score (nSPS) is 10.8. The second-order valence-corrected chi connectivity index (χ2v) is 7.39. The molecule has 0 radical (unpaired) electrons. The van der Waals surface area contributed by atoms with Gasteiger partial charge in [-0.15, -0.1) is 0 Å². The number of nitrogens with zero attached hydrogens (tertiary/aromatic N) is 1. The van der Waals surface area contributed by atoms with E-state index in [1.54, 1.807) is 24.3 Å². The maximum absolute atomic E-state index is 12.4. The fourth-order valence-corrected chi connectivity index (χ4v) is 2.91. The summed E-state index contributed by atoms with van der Waals surface area (Å²) in [7, 11) is 0.